The number of benzene rings is 1. The molecular weight excluding hydrogens is 212 g/mol. The summed E-state index contributed by atoms with van der Waals surface area (Å²) in [6.45, 7) is 2.08. The van der Waals surface area contributed by atoms with E-state index in [-0.39, 0.29) is 0 Å². The van der Waals surface area contributed by atoms with Gasteiger partial charge in [-0.2, -0.15) is 0 Å². The first-order valence-electron chi connectivity index (χ1n) is 5.98. The lowest BCUT2D eigenvalue weighted by Crippen LogP contribution is -1.87. The van der Waals surface area contributed by atoms with Gasteiger partial charge in [0.1, 0.15) is 12.0 Å². The van der Waals surface area contributed by atoms with Gasteiger partial charge in [-0.05, 0) is 43.9 Å². The van der Waals surface area contributed by atoms with E-state index in [2.05, 4.69) is 25.1 Å². The van der Waals surface area contributed by atoms with Crippen LogP contribution in [0.25, 0.3) is 0 Å². The van der Waals surface area contributed by atoms with Gasteiger partial charge in [0.2, 0.25) is 0 Å². The van der Waals surface area contributed by atoms with Crippen molar-refractivity contribution in [2.24, 2.45) is 0 Å². The molecule has 2 heteroatoms. The van der Waals surface area contributed by atoms with Crippen LogP contribution in [0.15, 0.2) is 35.9 Å². The molecule has 0 saturated carbocycles. The number of aldehydes is 1. The van der Waals surface area contributed by atoms with Crippen LogP contribution in [-0.2, 0) is 11.2 Å². The van der Waals surface area contributed by atoms with Gasteiger partial charge in [0.15, 0.2) is 0 Å². The molecule has 0 saturated heterocycles. The molecule has 2 nitrogen and oxygen atoms in total. The van der Waals surface area contributed by atoms with Crippen molar-refractivity contribution in [2.45, 2.75) is 32.6 Å². The molecule has 1 rings (SSSR count). The number of allylic oxidation sites excluding steroid dienone is 2. The maximum Gasteiger partial charge on any atom is 0.120 e. The Morgan fingerprint density at radius 2 is 1.94 bits per heavy atom. The molecule has 17 heavy (non-hydrogen) atoms. The van der Waals surface area contributed by atoms with E-state index < -0.39 is 0 Å². The number of carbonyl (C=O) groups excluding carboxylic acids is 1. The van der Waals surface area contributed by atoms with Gasteiger partial charge in [-0.15, -0.1) is 0 Å². The Morgan fingerprint density at radius 3 is 2.53 bits per heavy atom. The summed E-state index contributed by atoms with van der Waals surface area (Å²) in [5.41, 5.74) is 2.61. The first kappa shape index (κ1) is 13.5. The van der Waals surface area contributed by atoms with Crippen molar-refractivity contribution in [3.63, 3.8) is 0 Å². The summed E-state index contributed by atoms with van der Waals surface area (Å²) in [5.74, 6) is 0.895. The minimum absolute atomic E-state index is 0.630. The van der Waals surface area contributed by atoms with Gasteiger partial charge >= 0.3 is 0 Å². The van der Waals surface area contributed by atoms with Crippen molar-refractivity contribution in [1.82, 2.24) is 0 Å². The molecule has 1 aromatic rings. The maximum atomic E-state index is 10.2. The molecule has 0 atom stereocenters. The van der Waals surface area contributed by atoms with Gasteiger partial charge in [-0.1, -0.05) is 23.8 Å². The standard InChI is InChI=1S/C15H20O2/c1-13(6-4-12-16)5-3-7-14-8-10-15(17-2)11-9-14/h5,8-12H,3-4,6-7H2,1-2H3/b13-5+. The van der Waals surface area contributed by atoms with E-state index in [0.717, 1.165) is 31.3 Å². The number of methoxy groups -OCH3 is 1. The number of rotatable bonds is 7. The molecule has 0 aliphatic heterocycles. The van der Waals surface area contributed by atoms with E-state index in [1.165, 1.54) is 11.1 Å². The lowest BCUT2D eigenvalue weighted by molar-refractivity contribution is -0.107. The van der Waals surface area contributed by atoms with Gasteiger partial charge < -0.3 is 9.53 Å². The Bertz CT molecular complexity index is 363. The smallest absolute Gasteiger partial charge is 0.120 e. The van der Waals surface area contributed by atoms with Gasteiger partial charge in [-0.3, -0.25) is 0 Å². The SMILES string of the molecule is COc1ccc(CC/C=C(\C)CCC=O)cc1. The molecule has 0 aliphatic carbocycles. The summed E-state index contributed by atoms with van der Waals surface area (Å²) in [6.07, 6.45) is 6.75. The molecule has 92 valence electrons. The van der Waals surface area contributed by atoms with Crippen LogP contribution in [0.1, 0.15) is 31.7 Å². The molecule has 0 unspecified atom stereocenters. The molecule has 0 heterocycles. The topological polar surface area (TPSA) is 26.3 Å². The molecule has 0 aromatic heterocycles. The van der Waals surface area contributed by atoms with Crippen LogP contribution in [0, 0.1) is 0 Å². The van der Waals surface area contributed by atoms with E-state index >= 15 is 0 Å². The van der Waals surface area contributed by atoms with E-state index in [4.69, 9.17) is 4.74 Å². The van der Waals surface area contributed by atoms with E-state index in [1.54, 1.807) is 7.11 Å². The number of carbonyl (C=O) groups is 1. The lowest BCUT2D eigenvalue weighted by Gasteiger charge is -2.02. The van der Waals surface area contributed by atoms with E-state index in [0.29, 0.717) is 6.42 Å². The van der Waals surface area contributed by atoms with Crippen molar-refractivity contribution in [1.29, 1.82) is 0 Å². The second kappa shape index (κ2) is 7.66. The normalized spacial score (nSPS) is 11.3. The summed E-state index contributed by atoms with van der Waals surface area (Å²) in [4.78, 5) is 10.2. The van der Waals surface area contributed by atoms with Crippen molar-refractivity contribution in [3.8, 4) is 5.75 Å². The molecule has 0 spiro atoms. The number of ether oxygens (including phenoxy) is 1. The second-order valence-electron chi connectivity index (χ2n) is 4.14. The first-order valence-corrected chi connectivity index (χ1v) is 5.98. The molecule has 0 radical (unpaired) electrons. The molecule has 0 fully saturated rings. The Hall–Kier alpha value is -1.57. The average Bonchev–Trinajstić information content (AvgIpc) is 2.37. The fourth-order valence-corrected chi connectivity index (χ4v) is 1.67. The average molecular weight is 232 g/mol. The quantitative estimate of drug-likeness (QED) is 0.531. The van der Waals surface area contributed by atoms with Gasteiger partial charge in [0.05, 0.1) is 7.11 Å². The highest BCUT2D eigenvalue weighted by Crippen LogP contribution is 2.13. The molecule has 0 N–H and O–H groups in total. The minimum atomic E-state index is 0.630. The van der Waals surface area contributed by atoms with Crippen LogP contribution in [0.5, 0.6) is 5.75 Å². The third-order valence-electron chi connectivity index (χ3n) is 2.74. The third kappa shape index (κ3) is 5.34. The van der Waals surface area contributed by atoms with E-state index in [1.807, 2.05) is 12.1 Å². The fraction of sp³-hybridized carbons (Fsp3) is 0.400. The molecular formula is C15H20O2. The van der Waals surface area contributed by atoms with Gasteiger partial charge in [-0.25, -0.2) is 0 Å². The van der Waals surface area contributed by atoms with Crippen LogP contribution in [-0.4, -0.2) is 13.4 Å². The summed E-state index contributed by atoms with van der Waals surface area (Å²) < 4.78 is 5.11. The Balaban J connectivity index is 2.36. The van der Waals surface area contributed by atoms with Crippen molar-refractivity contribution < 1.29 is 9.53 Å². The number of hydrogen-bond donors (Lipinski definition) is 0. The zero-order valence-electron chi connectivity index (χ0n) is 10.6. The zero-order chi connectivity index (χ0) is 12.5. The Labute approximate surface area is 103 Å². The van der Waals surface area contributed by atoms with Crippen LogP contribution in [0.2, 0.25) is 0 Å². The summed E-state index contributed by atoms with van der Waals surface area (Å²) in [7, 11) is 1.67. The predicted octanol–water partition coefficient (Wildman–Crippen LogP) is 3.55. The van der Waals surface area contributed by atoms with Crippen molar-refractivity contribution in [3.05, 3.63) is 41.5 Å². The summed E-state index contributed by atoms with van der Waals surface area (Å²) in [5, 5.41) is 0. The van der Waals surface area contributed by atoms with Crippen molar-refractivity contribution in [2.75, 3.05) is 7.11 Å². The molecule has 0 aliphatic rings. The fourth-order valence-electron chi connectivity index (χ4n) is 1.67. The first-order chi connectivity index (χ1) is 8.26. The monoisotopic (exact) mass is 232 g/mol. The zero-order valence-corrected chi connectivity index (χ0v) is 10.6. The number of aryl methyl sites for hydroxylation is 1. The predicted molar refractivity (Wildman–Crippen MR) is 70.4 cm³/mol. The summed E-state index contributed by atoms with van der Waals surface area (Å²) in [6, 6.07) is 8.15. The largest absolute Gasteiger partial charge is 0.497 e. The van der Waals surface area contributed by atoms with Gasteiger partial charge in [0.25, 0.3) is 0 Å². The molecule has 1 aromatic carbocycles. The highest BCUT2D eigenvalue weighted by molar-refractivity contribution is 5.49. The van der Waals surface area contributed by atoms with E-state index in [9.17, 15) is 4.79 Å². The van der Waals surface area contributed by atoms with Crippen LogP contribution >= 0.6 is 0 Å². The third-order valence-corrected chi connectivity index (χ3v) is 2.74. The van der Waals surface area contributed by atoms with Crippen molar-refractivity contribution >= 4 is 6.29 Å². The van der Waals surface area contributed by atoms with Crippen LogP contribution in [0.3, 0.4) is 0 Å². The Kier molecular flexibility index (Phi) is 6.08. The number of hydrogen-bond acceptors (Lipinski definition) is 2. The summed E-state index contributed by atoms with van der Waals surface area (Å²) >= 11 is 0. The Morgan fingerprint density at radius 1 is 1.24 bits per heavy atom. The molecule has 0 bridgehead atoms. The lowest BCUT2D eigenvalue weighted by atomic mass is 10.1. The van der Waals surface area contributed by atoms with Crippen LogP contribution < -0.4 is 4.74 Å². The highest BCUT2D eigenvalue weighted by atomic mass is 16.5. The van der Waals surface area contributed by atoms with Gasteiger partial charge in [0, 0.05) is 6.42 Å². The second-order valence-corrected chi connectivity index (χ2v) is 4.14. The van der Waals surface area contributed by atoms with Crippen LogP contribution in [0.4, 0.5) is 0 Å². The highest BCUT2D eigenvalue weighted by Gasteiger charge is 1.94. The molecule has 0 amide bonds. The minimum Gasteiger partial charge on any atom is -0.497 e. The maximum absolute atomic E-state index is 10.2.